The van der Waals surface area contributed by atoms with Crippen LogP contribution >= 0.6 is 0 Å². The molecule has 6 heteroatoms. The molecule has 0 saturated carbocycles. The van der Waals surface area contributed by atoms with E-state index >= 15 is 0 Å². The normalized spacial score (nSPS) is 10.7. The summed E-state index contributed by atoms with van der Waals surface area (Å²) in [5.41, 5.74) is 0. The van der Waals surface area contributed by atoms with Crippen LogP contribution in [0.1, 0.15) is 0 Å². The molecule has 0 spiro atoms. The molecule has 1 aromatic heterocycles. The number of rotatable bonds is 3. The van der Waals surface area contributed by atoms with E-state index in [1.54, 1.807) is 6.07 Å². The molecule has 0 amide bonds. The van der Waals surface area contributed by atoms with Crippen LogP contribution in [-0.4, -0.2) is 18.4 Å². The summed E-state index contributed by atoms with van der Waals surface area (Å²) in [5.74, 6) is 0.0393. The van der Waals surface area contributed by atoms with E-state index in [1.165, 1.54) is 12.4 Å². The Morgan fingerprint density at radius 3 is 2.50 bits per heavy atom. The van der Waals surface area contributed by atoms with Gasteiger partial charge >= 0.3 is 0 Å². The fraction of sp³-hybridized carbons (Fsp3) is 0. The zero-order valence-corrected chi connectivity index (χ0v) is 6.95. The summed E-state index contributed by atoms with van der Waals surface area (Å²) >= 11 is 0. The van der Waals surface area contributed by atoms with Crippen LogP contribution in [0.2, 0.25) is 0 Å². The molecule has 1 rings (SSSR count). The van der Waals surface area contributed by atoms with Crippen molar-refractivity contribution >= 4 is 16.0 Å². The highest BCUT2D eigenvalue weighted by Crippen LogP contribution is 1.98. The largest absolute Gasteiger partial charge is 0.256 e. The Bertz CT molecular complexity index is 360. The lowest BCUT2D eigenvalue weighted by molar-refractivity contribution is 0.609. The topological polar surface area (TPSA) is 72.0 Å². The van der Waals surface area contributed by atoms with Crippen molar-refractivity contribution in [1.82, 2.24) is 9.97 Å². The number of anilines is 1. The van der Waals surface area contributed by atoms with E-state index < -0.39 is 10.0 Å². The quantitative estimate of drug-likeness (QED) is 0.738. The van der Waals surface area contributed by atoms with E-state index in [0.717, 1.165) is 5.41 Å². The molecule has 0 aliphatic carbocycles. The van der Waals surface area contributed by atoms with Crippen molar-refractivity contribution in [3.63, 3.8) is 0 Å². The molecular weight excluding hydrogens is 178 g/mol. The number of sulfonamides is 1. The Hall–Kier alpha value is -1.43. The van der Waals surface area contributed by atoms with Crippen LogP contribution in [0.3, 0.4) is 0 Å². The molecule has 0 radical (unpaired) electrons. The summed E-state index contributed by atoms with van der Waals surface area (Å²) in [5, 5.41) is 0.795. The average molecular weight is 185 g/mol. The Labute approximate surface area is 70.2 Å². The lowest BCUT2D eigenvalue weighted by Crippen LogP contribution is -2.10. The SMILES string of the molecule is C=CS(=O)(=O)Nc1ncccn1. The smallest absolute Gasteiger partial charge is 0.248 e. The third kappa shape index (κ3) is 2.31. The minimum atomic E-state index is -3.48. The molecule has 64 valence electrons. The molecular formula is C6H7N3O2S. The molecule has 0 saturated heterocycles. The molecule has 1 aromatic rings. The molecule has 1 N–H and O–H groups in total. The first-order chi connectivity index (χ1) is 5.64. The van der Waals surface area contributed by atoms with E-state index in [4.69, 9.17) is 0 Å². The lowest BCUT2D eigenvalue weighted by atomic mass is 10.7. The number of aromatic nitrogens is 2. The third-order valence-electron chi connectivity index (χ3n) is 1.02. The molecule has 0 aliphatic rings. The number of nitrogens with one attached hydrogen (secondary N) is 1. The van der Waals surface area contributed by atoms with Crippen LogP contribution in [0.4, 0.5) is 5.95 Å². The van der Waals surface area contributed by atoms with E-state index in [2.05, 4.69) is 21.3 Å². The van der Waals surface area contributed by atoms with Gasteiger partial charge in [-0.3, -0.25) is 0 Å². The summed E-state index contributed by atoms with van der Waals surface area (Å²) in [6.45, 7) is 3.12. The highest BCUT2D eigenvalue weighted by molar-refractivity contribution is 7.95. The second-order valence-electron chi connectivity index (χ2n) is 1.89. The predicted octanol–water partition coefficient (Wildman–Crippen LogP) is 0.362. The monoisotopic (exact) mass is 185 g/mol. The van der Waals surface area contributed by atoms with Crippen molar-refractivity contribution in [2.24, 2.45) is 0 Å². The fourth-order valence-corrected chi connectivity index (χ4v) is 0.964. The lowest BCUT2D eigenvalue weighted by Gasteiger charge is -1.99. The van der Waals surface area contributed by atoms with Crippen LogP contribution < -0.4 is 4.72 Å². The van der Waals surface area contributed by atoms with Gasteiger partial charge < -0.3 is 0 Å². The van der Waals surface area contributed by atoms with Crippen LogP contribution in [0, 0.1) is 0 Å². The number of hydrogen-bond donors (Lipinski definition) is 1. The van der Waals surface area contributed by atoms with Crippen molar-refractivity contribution in [3.05, 3.63) is 30.4 Å². The summed E-state index contributed by atoms with van der Waals surface area (Å²) < 4.78 is 23.8. The predicted molar refractivity (Wildman–Crippen MR) is 44.8 cm³/mol. The van der Waals surface area contributed by atoms with Gasteiger partial charge in [0.15, 0.2) is 0 Å². The minimum absolute atomic E-state index is 0.0393. The molecule has 0 fully saturated rings. The van der Waals surface area contributed by atoms with Gasteiger partial charge in [-0.25, -0.2) is 23.1 Å². The zero-order valence-electron chi connectivity index (χ0n) is 6.14. The molecule has 0 bridgehead atoms. The Kier molecular flexibility index (Phi) is 2.39. The number of hydrogen-bond acceptors (Lipinski definition) is 4. The van der Waals surface area contributed by atoms with Crippen molar-refractivity contribution in [2.75, 3.05) is 4.72 Å². The zero-order chi connectivity index (χ0) is 9.03. The van der Waals surface area contributed by atoms with Gasteiger partial charge in [0, 0.05) is 17.8 Å². The van der Waals surface area contributed by atoms with Crippen LogP contribution in [0.5, 0.6) is 0 Å². The highest BCUT2D eigenvalue weighted by atomic mass is 32.2. The molecule has 5 nitrogen and oxygen atoms in total. The standard InChI is InChI=1S/C6H7N3O2S/c1-2-12(10,11)9-6-7-4-3-5-8-6/h2-5H,1H2,(H,7,8,9). The van der Waals surface area contributed by atoms with E-state index in [-0.39, 0.29) is 5.95 Å². The summed E-state index contributed by atoms with van der Waals surface area (Å²) in [7, 11) is -3.48. The number of nitrogens with zero attached hydrogens (tertiary/aromatic N) is 2. The van der Waals surface area contributed by atoms with E-state index in [0.29, 0.717) is 0 Å². The van der Waals surface area contributed by atoms with Crippen molar-refractivity contribution in [3.8, 4) is 0 Å². The van der Waals surface area contributed by atoms with Gasteiger partial charge in [-0.05, 0) is 6.07 Å². The molecule has 1 heterocycles. The maximum absolute atomic E-state index is 10.9. The first-order valence-electron chi connectivity index (χ1n) is 3.06. The van der Waals surface area contributed by atoms with E-state index in [1.807, 2.05) is 0 Å². The molecule has 0 unspecified atom stereocenters. The second kappa shape index (κ2) is 3.31. The summed E-state index contributed by atoms with van der Waals surface area (Å²) in [4.78, 5) is 7.33. The Balaban J connectivity index is 2.85. The summed E-state index contributed by atoms with van der Waals surface area (Å²) in [6.07, 6.45) is 2.88. The average Bonchev–Trinajstić information content (AvgIpc) is 2.06. The first-order valence-corrected chi connectivity index (χ1v) is 4.61. The Morgan fingerprint density at radius 1 is 1.42 bits per heavy atom. The van der Waals surface area contributed by atoms with Crippen LogP contribution in [0.25, 0.3) is 0 Å². The molecule has 0 aromatic carbocycles. The fourth-order valence-electron chi connectivity index (χ4n) is 0.521. The van der Waals surface area contributed by atoms with Gasteiger partial charge in [0.2, 0.25) is 5.95 Å². The molecule has 12 heavy (non-hydrogen) atoms. The second-order valence-corrected chi connectivity index (χ2v) is 3.51. The maximum Gasteiger partial charge on any atom is 0.256 e. The van der Waals surface area contributed by atoms with Gasteiger partial charge in [-0.2, -0.15) is 0 Å². The van der Waals surface area contributed by atoms with Crippen LogP contribution in [-0.2, 0) is 10.0 Å². The van der Waals surface area contributed by atoms with Gasteiger partial charge in [0.1, 0.15) is 0 Å². The van der Waals surface area contributed by atoms with Crippen molar-refractivity contribution in [1.29, 1.82) is 0 Å². The highest BCUT2D eigenvalue weighted by Gasteiger charge is 2.04. The molecule has 0 atom stereocenters. The first kappa shape index (κ1) is 8.66. The van der Waals surface area contributed by atoms with Gasteiger partial charge in [0.05, 0.1) is 0 Å². The van der Waals surface area contributed by atoms with Gasteiger partial charge in [0.25, 0.3) is 10.0 Å². The van der Waals surface area contributed by atoms with Crippen molar-refractivity contribution in [2.45, 2.75) is 0 Å². The minimum Gasteiger partial charge on any atom is -0.248 e. The van der Waals surface area contributed by atoms with Crippen LogP contribution in [0.15, 0.2) is 30.4 Å². The van der Waals surface area contributed by atoms with Crippen molar-refractivity contribution < 1.29 is 8.42 Å². The molecule has 0 aliphatic heterocycles. The van der Waals surface area contributed by atoms with Gasteiger partial charge in [-0.15, -0.1) is 0 Å². The van der Waals surface area contributed by atoms with Gasteiger partial charge in [-0.1, -0.05) is 6.58 Å². The Morgan fingerprint density at radius 2 is 2.00 bits per heavy atom. The maximum atomic E-state index is 10.9. The summed E-state index contributed by atoms with van der Waals surface area (Å²) in [6, 6.07) is 1.59. The van der Waals surface area contributed by atoms with E-state index in [9.17, 15) is 8.42 Å². The third-order valence-corrected chi connectivity index (χ3v) is 1.92.